The van der Waals surface area contributed by atoms with E-state index in [0.29, 0.717) is 5.92 Å². The van der Waals surface area contributed by atoms with Crippen LogP contribution in [0.5, 0.6) is 0 Å². The summed E-state index contributed by atoms with van der Waals surface area (Å²) in [4.78, 5) is 2.69. The Bertz CT molecular complexity index is 548. The van der Waals surface area contributed by atoms with Crippen LogP contribution < -0.4 is 0 Å². The molecule has 0 bridgehead atoms. The summed E-state index contributed by atoms with van der Waals surface area (Å²) in [6.07, 6.45) is 0. The van der Waals surface area contributed by atoms with Crippen molar-refractivity contribution in [2.75, 3.05) is 0 Å². The number of fused-ring (bicyclic) bond motifs is 2. The van der Waals surface area contributed by atoms with Gasteiger partial charge in [-0.05, 0) is 35.4 Å². The van der Waals surface area contributed by atoms with Crippen LogP contribution in [0.15, 0.2) is 52.3 Å². The lowest BCUT2D eigenvalue weighted by Gasteiger charge is -2.25. The molecule has 0 saturated carbocycles. The average Bonchev–Trinajstić information content (AvgIpc) is 2.31. The van der Waals surface area contributed by atoms with E-state index in [1.54, 1.807) is 0 Å². The fraction of sp³-hybridized carbons (Fsp3) is 0.143. The summed E-state index contributed by atoms with van der Waals surface area (Å²) in [5.74, 6) is 0.436. The van der Waals surface area contributed by atoms with Crippen LogP contribution in [0.25, 0.3) is 0 Å². The second-order valence-corrected chi connectivity index (χ2v) is 5.56. The minimum Gasteiger partial charge on any atom is -0.0895 e. The van der Waals surface area contributed by atoms with Crippen molar-refractivity contribution in [2.24, 2.45) is 0 Å². The van der Waals surface area contributed by atoms with Crippen LogP contribution >= 0.6 is 23.4 Å². The van der Waals surface area contributed by atoms with Gasteiger partial charge in [-0.1, -0.05) is 48.5 Å². The third kappa shape index (κ3) is 1.55. The van der Waals surface area contributed by atoms with E-state index in [4.69, 9.17) is 11.6 Å². The molecule has 0 N–H and O–H groups in total. The number of rotatable bonds is 0. The SMILES string of the molecule is CC1c2ccccc2Sc2ccc(Cl)cc21. The van der Waals surface area contributed by atoms with Gasteiger partial charge in [0.05, 0.1) is 0 Å². The Morgan fingerprint density at radius 3 is 2.62 bits per heavy atom. The standard InChI is InChI=1S/C14H11ClS/c1-9-11-4-2-3-5-13(11)16-14-7-6-10(15)8-12(9)14/h2-9H,1H3. The second kappa shape index (κ2) is 3.83. The highest BCUT2D eigenvalue weighted by molar-refractivity contribution is 7.99. The Balaban J connectivity index is 2.19. The van der Waals surface area contributed by atoms with E-state index in [-0.39, 0.29) is 0 Å². The first-order valence-corrected chi connectivity index (χ1v) is 6.51. The van der Waals surface area contributed by atoms with Crippen molar-refractivity contribution in [3.63, 3.8) is 0 Å². The third-order valence-corrected chi connectivity index (χ3v) is 4.46. The normalized spacial score (nSPS) is 17.8. The topological polar surface area (TPSA) is 0 Å². The summed E-state index contributed by atoms with van der Waals surface area (Å²) in [5, 5.41) is 0.825. The summed E-state index contributed by atoms with van der Waals surface area (Å²) in [7, 11) is 0. The van der Waals surface area contributed by atoms with Gasteiger partial charge in [0.15, 0.2) is 0 Å². The van der Waals surface area contributed by atoms with Gasteiger partial charge in [-0.15, -0.1) is 0 Å². The predicted octanol–water partition coefficient (Wildman–Crippen LogP) is 4.96. The van der Waals surface area contributed by atoms with Crippen LogP contribution in [0.1, 0.15) is 24.0 Å². The van der Waals surface area contributed by atoms with Gasteiger partial charge in [0, 0.05) is 20.7 Å². The molecule has 80 valence electrons. The van der Waals surface area contributed by atoms with Crippen molar-refractivity contribution in [3.8, 4) is 0 Å². The zero-order chi connectivity index (χ0) is 11.1. The summed E-state index contributed by atoms with van der Waals surface area (Å²) >= 11 is 7.90. The highest BCUT2D eigenvalue weighted by atomic mass is 35.5. The van der Waals surface area contributed by atoms with Crippen molar-refractivity contribution in [2.45, 2.75) is 22.6 Å². The summed E-state index contributed by atoms with van der Waals surface area (Å²) < 4.78 is 0. The Morgan fingerprint density at radius 1 is 1.00 bits per heavy atom. The summed E-state index contributed by atoms with van der Waals surface area (Å²) in [5.41, 5.74) is 2.75. The van der Waals surface area contributed by atoms with E-state index in [1.807, 2.05) is 17.8 Å². The van der Waals surface area contributed by atoms with E-state index in [0.717, 1.165) is 5.02 Å². The number of hydrogen-bond acceptors (Lipinski definition) is 1. The summed E-state index contributed by atoms with van der Waals surface area (Å²) in [6, 6.07) is 14.8. The minimum absolute atomic E-state index is 0.436. The first kappa shape index (κ1) is 10.2. The molecule has 16 heavy (non-hydrogen) atoms. The maximum Gasteiger partial charge on any atom is 0.0409 e. The molecule has 2 aromatic rings. The van der Waals surface area contributed by atoms with Crippen LogP contribution in [0.4, 0.5) is 0 Å². The summed E-state index contributed by atoms with van der Waals surface area (Å²) in [6.45, 7) is 2.24. The molecule has 2 heteroatoms. The van der Waals surface area contributed by atoms with E-state index < -0.39 is 0 Å². The van der Waals surface area contributed by atoms with E-state index in [9.17, 15) is 0 Å². The molecule has 0 radical (unpaired) electrons. The van der Waals surface area contributed by atoms with Crippen molar-refractivity contribution in [1.29, 1.82) is 0 Å². The maximum absolute atomic E-state index is 6.06. The first-order valence-electron chi connectivity index (χ1n) is 5.32. The molecule has 1 unspecified atom stereocenters. The largest absolute Gasteiger partial charge is 0.0895 e. The lowest BCUT2D eigenvalue weighted by atomic mass is 9.92. The molecule has 0 spiro atoms. The van der Waals surface area contributed by atoms with Crippen LogP contribution in [0.3, 0.4) is 0 Å². The van der Waals surface area contributed by atoms with E-state index in [1.165, 1.54) is 20.9 Å². The lowest BCUT2D eigenvalue weighted by Crippen LogP contribution is -2.04. The third-order valence-electron chi connectivity index (χ3n) is 3.04. The van der Waals surface area contributed by atoms with E-state index >= 15 is 0 Å². The van der Waals surface area contributed by atoms with Gasteiger partial charge in [-0.3, -0.25) is 0 Å². The number of benzene rings is 2. The molecule has 0 amide bonds. The molecule has 0 aromatic heterocycles. The minimum atomic E-state index is 0.436. The maximum atomic E-state index is 6.06. The molecule has 1 atom stereocenters. The van der Waals surface area contributed by atoms with Crippen molar-refractivity contribution in [1.82, 2.24) is 0 Å². The fourth-order valence-corrected chi connectivity index (χ4v) is 3.58. The zero-order valence-corrected chi connectivity index (χ0v) is 10.5. The van der Waals surface area contributed by atoms with Gasteiger partial charge in [-0.2, -0.15) is 0 Å². The molecule has 0 nitrogen and oxygen atoms in total. The highest BCUT2D eigenvalue weighted by Crippen LogP contribution is 2.45. The molecule has 3 rings (SSSR count). The Morgan fingerprint density at radius 2 is 1.75 bits per heavy atom. The van der Waals surface area contributed by atoms with Gasteiger partial charge in [-0.25, -0.2) is 0 Å². The molecule has 1 aliphatic heterocycles. The Kier molecular flexibility index (Phi) is 2.45. The van der Waals surface area contributed by atoms with Crippen molar-refractivity contribution < 1.29 is 0 Å². The first-order chi connectivity index (χ1) is 7.75. The number of halogens is 1. The lowest BCUT2D eigenvalue weighted by molar-refractivity contribution is 0.856. The van der Waals surface area contributed by atoms with Crippen LogP contribution in [0, 0.1) is 0 Å². The number of hydrogen-bond donors (Lipinski definition) is 0. The average molecular weight is 247 g/mol. The second-order valence-electron chi connectivity index (χ2n) is 4.04. The van der Waals surface area contributed by atoms with Gasteiger partial charge in [0.1, 0.15) is 0 Å². The van der Waals surface area contributed by atoms with Crippen LogP contribution in [-0.2, 0) is 0 Å². The van der Waals surface area contributed by atoms with Crippen molar-refractivity contribution >= 4 is 23.4 Å². The van der Waals surface area contributed by atoms with Crippen LogP contribution in [0.2, 0.25) is 5.02 Å². The molecule has 0 aliphatic carbocycles. The van der Waals surface area contributed by atoms with Gasteiger partial charge >= 0.3 is 0 Å². The Labute approximate surface area is 105 Å². The predicted molar refractivity (Wildman–Crippen MR) is 69.5 cm³/mol. The molecule has 1 heterocycles. The molecule has 0 saturated heterocycles. The molecule has 0 fully saturated rings. The van der Waals surface area contributed by atoms with Gasteiger partial charge in [0.25, 0.3) is 0 Å². The quantitative estimate of drug-likeness (QED) is 0.633. The Hall–Kier alpha value is -0.920. The van der Waals surface area contributed by atoms with E-state index in [2.05, 4.69) is 43.3 Å². The van der Waals surface area contributed by atoms with Crippen LogP contribution in [-0.4, -0.2) is 0 Å². The van der Waals surface area contributed by atoms with Gasteiger partial charge in [0.2, 0.25) is 0 Å². The smallest absolute Gasteiger partial charge is 0.0409 e. The molecular weight excluding hydrogens is 236 g/mol. The fourth-order valence-electron chi connectivity index (χ4n) is 2.17. The molecule has 1 aliphatic rings. The monoisotopic (exact) mass is 246 g/mol. The molecular formula is C14H11ClS. The molecule has 2 aromatic carbocycles. The van der Waals surface area contributed by atoms with Crippen molar-refractivity contribution in [3.05, 3.63) is 58.6 Å². The zero-order valence-electron chi connectivity index (χ0n) is 8.91. The van der Waals surface area contributed by atoms with Gasteiger partial charge < -0.3 is 0 Å². The highest BCUT2D eigenvalue weighted by Gasteiger charge is 2.22.